The second-order valence-corrected chi connectivity index (χ2v) is 4.71. The third kappa shape index (κ3) is 7.13. The van der Waals surface area contributed by atoms with E-state index in [1.807, 2.05) is 19.9 Å². The number of carbonyl (C=O) groups is 1. The summed E-state index contributed by atoms with van der Waals surface area (Å²) in [5, 5.41) is 9.74. The minimum atomic E-state index is -0.721. The van der Waals surface area contributed by atoms with Crippen LogP contribution in [0.2, 0.25) is 0 Å². The fourth-order valence-corrected chi connectivity index (χ4v) is 1.60. The molecule has 0 aliphatic rings. The van der Waals surface area contributed by atoms with Crippen molar-refractivity contribution in [2.75, 3.05) is 26.7 Å². The van der Waals surface area contributed by atoms with Gasteiger partial charge in [0.1, 0.15) is 0 Å². The van der Waals surface area contributed by atoms with Gasteiger partial charge in [0.15, 0.2) is 0 Å². The molecule has 0 fully saturated rings. The number of rotatable bonds is 7. The summed E-state index contributed by atoms with van der Waals surface area (Å²) < 4.78 is 4.69. The molecule has 17 heavy (non-hydrogen) atoms. The highest BCUT2D eigenvalue weighted by Gasteiger charge is 2.16. The first-order valence-corrected chi connectivity index (χ1v) is 6.06. The van der Waals surface area contributed by atoms with Gasteiger partial charge in [0.2, 0.25) is 0 Å². The highest BCUT2D eigenvalue weighted by atomic mass is 16.5. The Balaban J connectivity index is 4.47. The largest absolute Gasteiger partial charge is 0.466 e. The van der Waals surface area contributed by atoms with Gasteiger partial charge in [-0.15, -0.1) is 0 Å². The average Bonchev–Trinajstić information content (AvgIpc) is 2.26. The minimum Gasteiger partial charge on any atom is -0.466 e. The summed E-state index contributed by atoms with van der Waals surface area (Å²) in [6, 6.07) is 0. The minimum absolute atomic E-state index is 0.271. The van der Waals surface area contributed by atoms with Crippen molar-refractivity contribution in [2.24, 2.45) is 0 Å². The van der Waals surface area contributed by atoms with E-state index in [0.29, 0.717) is 25.1 Å². The highest BCUT2D eigenvalue weighted by molar-refractivity contribution is 5.88. The molecule has 0 aromatic heterocycles. The van der Waals surface area contributed by atoms with Crippen LogP contribution in [0, 0.1) is 0 Å². The van der Waals surface area contributed by atoms with E-state index in [0.717, 1.165) is 6.54 Å². The van der Waals surface area contributed by atoms with E-state index in [2.05, 4.69) is 4.90 Å². The number of likely N-dealkylation sites (N-methyl/N-ethyl adjacent to an activating group) is 1. The molecule has 0 rings (SSSR count). The molecule has 4 nitrogen and oxygen atoms in total. The number of carbonyl (C=O) groups excluding carboxylic acids is 1. The van der Waals surface area contributed by atoms with E-state index in [4.69, 9.17) is 4.74 Å². The molecular formula is C13H25NO3. The van der Waals surface area contributed by atoms with Gasteiger partial charge in [-0.1, -0.05) is 19.9 Å². The van der Waals surface area contributed by atoms with E-state index < -0.39 is 5.60 Å². The molecule has 0 spiro atoms. The molecule has 100 valence electrons. The van der Waals surface area contributed by atoms with E-state index in [1.165, 1.54) is 7.11 Å². The first-order valence-electron chi connectivity index (χ1n) is 6.06. The molecular weight excluding hydrogens is 218 g/mol. The first kappa shape index (κ1) is 16.1. The Morgan fingerprint density at radius 2 is 2.00 bits per heavy atom. The van der Waals surface area contributed by atoms with Crippen molar-refractivity contribution in [3.63, 3.8) is 0 Å². The fourth-order valence-electron chi connectivity index (χ4n) is 1.60. The Morgan fingerprint density at radius 1 is 1.41 bits per heavy atom. The molecule has 0 aliphatic carbocycles. The molecule has 0 unspecified atom stereocenters. The quantitative estimate of drug-likeness (QED) is 0.545. The van der Waals surface area contributed by atoms with Gasteiger partial charge in [0.25, 0.3) is 0 Å². The number of nitrogens with zero attached hydrogens (tertiary/aromatic N) is 1. The van der Waals surface area contributed by atoms with Crippen LogP contribution in [0.5, 0.6) is 0 Å². The highest BCUT2D eigenvalue weighted by Crippen LogP contribution is 2.07. The van der Waals surface area contributed by atoms with Crippen molar-refractivity contribution in [1.29, 1.82) is 0 Å². The van der Waals surface area contributed by atoms with Crippen molar-refractivity contribution in [1.82, 2.24) is 4.90 Å². The van der Waals surface area contributed by atoms with E-state index >= 15 is 0 Å². The maximum absolute atomic E-state index is 11.4. The summed E-state index contributed by atoms with van der Waals surface area (Å²) in [7, 11) is 1.39. The van der Waals surface area contributed by atoms with Crippen LogP contribution >= 0.6 is 0 Å². The maximum Gasteiger partial charge on any atom is 0.333 e. The average molecular weight is 243 g/mol. The fraction of sp³-hybridized carbons (Fsp3) is 0.769. The lowest BCUT2D eigenvalue weighted by Gasteiger charge is -2.27. The van der Waals surface area contributed by atoms with Crippen LogP contribution in [0.25, 0.3) is 0 Å². The number of hydrogen-bond acceptors (Lipinski definition) is 4. The molecule has 0 atom stereocenters. The summed E-state index contributed by atoms with van der Waals surface area (Å²) in [4.78, 5) is 13.5. The molecule has 0 radical (unpaired) electrons. The Hall–Kier alpha value is -0.870. The van der Waals surface area contributed by atoms with Crippen LogP contribution in [0.1, 0.15) is 34.1 Å². The smallest absolute Gasteiger partial charge is 0.333 e. The van der Waals surface area contributed by atoms with Gasteiger partial charge in [-0.25, -0.2) is 4.79 Å². The van der Waals surface area contributed by atoms with Gasteiger partial charge in [-0.3, -0.25) is 4.90 Å². The van der Waals surface area contributed by atoms with E-state index in [1.54, 1.807) is 13.8 Å². The van der Waals surface area contributed by atoms with Crippen LogP contribution in [-0.4, -0.2) is 48.3 Å². The van der Waals surface area contributed by atoms with Gasteiger partial charge in [-0.05, 0) is 26.8 Å². The van der Waals surface area contributed by atoms with Crippen LogP contribution in [0.15, 0.2) is 11.6 Å². The second-order valence-electron chi connectivity index (χ2n) is 4.71. The molecule has 1 N–H and O–H groups in total. The molecule has 0 saturated carbocycles. The summed E-state index contributed by atoms with van der Waals surface area (Å²) in [5.41, 5.74) is -0.0386. The molecule has 0 amide bonds. The zero-order chi connectivity index (χ0) is 13.5. The lowest BCUT2D eigenvalue weighted by Crippen LogP contribution is -2.38. The topological polar surface area (TPSA) is 49.8 Å². The van der Waals surface area contributed by atoms with E-state index in [-0.39, 0.29) is 5.97 Å². The second kappa shape index (κ2) is 7.45. The van der Waals surface area contributed by atoms with Crippen LogP contribution in [-0.2, 0) is 9.53 Å². The number of esters is 1. The Bertz CT molecular complexity index is 266. The van der Waals surface area contributed by atoms with Gasteiger partial charge in [0.05, 0.1) is 12.7 Å². The number of ether oxygens (including phenoxy) is 1. The molecule has 0 aromatic rings. The summed E-state index contributed by atoms with van der Waals surface area (Å²) in [5.74, 6) is -0.271. The summed E-state index contributed by atoms with van der Waals surface area (Å²) >= 11 is 0. The van der Waals surface area contributed by atoms with Crippen molar-refractivity contribution in [3.05, 3.63) is 11.6 Å². The Labute approximate surface area is 104 Å². The predicted octanol–water partition coefficient (Wildman–Crippen LogP) is 1.59. The molecule has 4 heteroatoms. The van der Waals surface area contributed by atoms with E-state index in [9.17, 15) is 9.90 Å². The van der Waals surface area contributed by atoms with Gasteiger partial charge in [0, 0.05) is 18.7 Å². The zero-order valence-corrected chi connectivity index (χ0v) is 11.6. The molecule has 0 heterocycles. The normalized spacial score (nSPS) is 13.0. The van der Waals surface area contributed by atoms with Crippen molar-refractivity contribution in [2.45, 2.75) is 39.7 Å². The Morgan fingerprint density at radius 3 is 2.35 bits per heavy atom. The third-order valence-electron chi connectivity index (χ3n) is 2.48. The lowest BCUT2D eigenvalue weighted by molar-refractivity contribution is -0.136. The zero-order valence-electron chi connectivity index (χ0n) is 11.6. The van der Waals surface area contributed by atoms with Crippen molar-refractivity contribution >= 4 is 5.97 Å². The molecule has 0 saturated heterocycles. The number of hydrogen-bond donors (Lipinski definition) is 1. The Kier molecular flexibility index (Phi) is 7.07. The van der Waals surface area contributed by atoms with Gasteiger partial charge in [-0.2, -0.15) is 0 Å². The summed E-state index contributed by atoms with van der Waals surface area (Å²) in [6.07, 6.45) is 2.54. The van der Waals surface area contributed by atoms with Crippen LogP contribution in [0.4, 0.5) is 0 Å². The number of methoxy groups -OCH3 is 1. The van der Waals surface area contributed by atoms with Gasteiger partial charge < -0.3 is 9.84 Å². The van der Waals surface area contributed by atoms with Crippen LogP contribution in [0.3, 0.4) is 0 Å². The van der Waals surface area contributed by atoms with Crippen LogP contribution < -0.4 is 0 Å². The van der Waals surface area contributed by atoms with Crippen molar-refractivity contribution in [3.8, 4) is 0 Å². The molecule has 0 aromatic carbocycles. The van der Waals surface area contributed by atoms with Crippen molar-refractivity contribution < 1.29 is 14.6 Å². The molecule has 0 aliphatic heterocycles. The SMILES string of the molecule is CCC(=CCN(CC)CC(C)(C)O)C(=O)OC. The first-order chi connectivity index (χ1) is 7.84. The standard InChI is InChI=1S/C13H25NO3/c1-6-11(12(15)17-5)8-9-14(7-2)10-13(3,4)16/h8,16H,6-7,9-10H2,1-5H3. The molecule has 0 bridgehead atoms. The number of aliphatic hydroxyl groups is 1. The summed E-state index contributed by atoms with van der Waals surface area (Å²) in [6.45, 7) is 9.58. The monoisotopic (exact) mass is 243 g/mol. The predicted molar refractivity (Wildman–Crippen MR) is 68.8 cm³/mol. The van der Waals surface area contributed by atoms with Gasteiger partial charge >= 0.3 is 5.97 Å². The maximum atomic E-state index is 11.4. The third-order valence-corrected chi connectivity index (χ3v) is 2.48. The lowest BCUT2D eigenvalue weighted by atomic mass is 10.1.